The maximum absolute atomic E-state index is 11.7. The lowest BCUT2D eigenvalue weighted by Gasteiger charge is -2.35. The summed E-state index contributed by atoms with van der Waals surface area (Å²) >= 11 is 0. The van der Waals surface area contributed by atoms with Crippen molar-refractivity contribution in [3.63, 3.8) is 0 Å². The largest absolute Gasteiger partial charge is 0.444 e. The maximum Gasteiger partial charge on any atom is 0.413 e. The molecule has 1 aliphatic heterocycles. The number of hydrogen-bond acceptors (Lipinski definition) is 5. The fourth-order valence-electron chi connectivity index (χ4n) is 2.62. The van der Waals surface area contributed by atoms with Gasteiger partial charge < -0.3 is 15.0 Å². The number of rotatable bonds is 3. The van der Waals surface area contributed by atoms with E-state index in [0.717, 1.165) is 25.1 Å². The highest BCUT2D eigenvalue weighted by molar-refractivity contribution is 5.83. The Morgan fingerprint density at radius 3 is 2.70 bits per heavy atom. The smallest absolute Gasteiger partial charge is 0.413 e. The van der Waals surface area contributed by atoms with E-state index in [0.29, 0.717) is 17.9 Å². The van der Waals surface area contributed by atoms with Crippen LogP contribution < -0.4 is 10.6 Å². The van der Waals surface area contributed by atoms with Crippen LogP contribution in [0, 0.1) is 0 Å². The second-order valence-corrected chi connectivity index (χ2v) is 7.25. The van der Waals surface area contributed by atoms with E-state index in [-0.39, 0.29) is 0 Å². The summed E-state index contributed by atoms with van der Waals surface area (Å²) < 4.78 is 5.20. The lowest BCUT2D eigenvalue weighted by molar-refractivity contribution is 0.0635. The molecule has 0 saturated carbocycles. The Balaban J connectivity index is 1.86. The molecule has 1 saturated heterocycles. The molecule has 1 fully saturated rings. The molecule has 23 heavy (non-hydrogen) atoms. The van der Waals surface area contributed by atoms with Gasteiger partial charge in [0.2, 0.25) is 0 Å². The predicted octanol–water partition coefficient (Wildman–Crippen LogP) is 3.32. The number of anilines is 2. The molecule has 2 atom stereocenters. The molecule has 1 amide bonds. The SMILES string of the molecule is CC1CC(Nc2ccc(NC(=O)OC(C)(C)C)nc2)CCN1C. The number of nitrogens with one attached hydrogen (secondary N) is 2. The van der Waals surface area contributed by atoms with Gasteiger partial charge in [-0.1, -0.05) is 0 Å². The van der Waals surface area contributed by atoms with Gasteiger partial charge in [0.25, 0.3) is 0 Å². The summed E-state index contributed by atoms with van der Waals surface area (Å²) in [6.07, 6.45) is 3.50. The summed E-state index contributed by atoms with van der Waals surface area (Å²) in [5, 5.41) is 6.15. The molecule has 128 valence electrons. The molecule has 6 nitrogen and oxygen atoms in total. The number of piperidine rings is 1. The van der Waals surface area contributed by atoms with Crippen LogP contribution in [0.4, 0.5) is 16.3 Å². The van der Waals surface area contributed by atoms with E-state index in [2.05, 4.69) is 34.5 Å². The number of amides is 1. The van der Waals surface area contributed by atoms with Crippen LogP contribution in [-0.4, -0.2) is 47.3 Å². The third kappa shape index (κ3) is 5.71. The van der Waals surface area contributed by atoms with Crippen LogP contribution in [0.25, 0.3) is 0 Å². The first-order valence-electron chi connectivity index (χ1n) is 8.16. The zero-order valence-electron chi connectivity index (χ0n) is 14.7. The van der Waals surface area contributed by atoms with Gasteiger partial charge in [-0.2, -0.15) is 0 Å². The van der Waals surface area contributed by atoms with E-state index < -0.39 is 11.7 Å². The summed E-state index contributed by atoms with van der Waals surface area (Å²) in [6.45, 7) is 8.84. The van der Waals surface area contributed by atoms with Crippen LogP contribution in [-0.2, 0) is 4.74 Å². The van der Waals surface area contributed by atoms with Crippen LogP contribution in [0.1, 0.15) is 40.5 Å². The minimum absolute atomic E-state index is 0.465. The molecule has 0 spiro atoms. The van der Waals surface area contributed by atoms with E-state index in [1.165, 1.54) is 0 Å². The first-order chi connectivity index (χ1) is 10.7. The second-order valence-electron chi connectivity index (χ2n) is 7.25. The maximum atomic E-state index is 11.7. The molecular formula is C17H28N4O2. The lowest BCUT2D eigenvalue weighted by Crippen LogP contribution is -2.42. The van der Waals surface area contributed by atoms with Gasteiger partial charge in [0, 0.05) is 18.6 Å². The van der Waals surface area contributed by atoms with E-state index in [9.17, 15) is 4.79 Å². The van der Waals surface area contributed by atoms with E-state index in [4.69, 9.17) is 4.74 Å². The minimum Gasteiger partial charge on any atom is -0.444 e. The standard InChI is InChI=1S/C17H28N4O2/c1-12-10-13(8-9-21(12)5)19-14-6-7-15(18-11-14)20-16(22)23-17(2,3)4/h6-7,11-13,19H,8-10H2,1-5H3,(H,18,20,22). The highest BCUT2D eigenvalue weighted by Crippen LogP contribution is 2.20. The Morgan fingerprint density at radius 1 is 1.39 bits per heavy atom. The summed E-state index contributed by atoms with van der Waals surface area (Å²) in [4.78, 5) is 18.3. The third-order valence-corrected chi connectivity index (χ3v) is 3.97. The average molecular weight is 320 g/mol. The van der Waals surface area contributed by atoms with Crippen LogP contribution in [0.3, 0.4) is 0 Å². The molecule has 0 aromatic carbocycles. The van der Waals surface area contributed by atoms with Crippen molar-refractivity contribution in [2.75, 3.05) is 24.2 Å². The number of pyridine rings is 1. The van der Waals surface area contributed by atoms with E-state index >= 15 is 0 Å². The number of carbonyl (C=O) groups is 1. The molecule has 1 aromatic heterocycles. The Hall–Kier alpha value is -1.82. The second kappa shape index (κ2) is 7.17. The van der Waals surface area contributed by atoms with Crippen molar-refractivity contribution in [3.8, 4) is 0 Å². The normalized spacial score (nSPS) is 22.5. The fourth-order valence-corrected chi connectivity index (χ4v) is 2.62. The van der Waals surface area contributed by atoms with Gasteiger partial charge in [0.05, 0.1) is 11.9 Å². The molecular weight excluding hydrogens is 292 g/mol. The minimum atomic E-state index is -0.517. The van der Waals surface area contributed by atoms with Crippen LogP contribution in [0.2, 0.25) is 0 Å². The van der Waals surface area contributed by atoms with Gasteiger partial charge in [-0.25, -0.2) is 9.78 Å². The Kier molecular flexibility index (Phi) is 5.46. The lowest BCUT2D eigenvalue weighted by atomic mass is 9.99. The quantitative estimate of drug-likeness (QED) is 0.894. The van der Waals surface area contributed by atoms with Crippen molar-refractivity contribution in [1.82, 2.24) is 9.88 Å². The van der Waals surface area contributed by atoms with Crippen LogP contribution in [0.5, 0.6) is 0 Å². The first kappa shape index (κ1) is 17.5. The molecule has 1 aliphatic rings. The molecule has 0 aliphatic carbocycles. The molecule has 2 N–H and O–H groups in total. The number of likely N-dealkylation sites (tertiary alicyclic amines) is 1. The summed E-state index contributed by atoms with van der Waals surface area (Å²) in [5.41, 5.74) is 0.456. The third-order valence-electron chi connectivity index (χ3n) is 3.97. The molecule has 2 unspecified atom stereocenters. The Morgan fingerprint density at radius 2 is 2.13 bits per heavy atom. The van der Waals surface area contributed by atoms with Gasteiger partial charge >= 0.3 is 6.09 Å². The summed E-state index contributed by atoms with van der Waals surface area (Å²) in [7, 11) is 2.17. The fraction of sp³-hybridized carbons (Fsp3) is 0.647. The number of nitrogens with zero attached hydrogens (tertiary/aromatic N) is 2. The number of ether oxygens (including phenoxy) is 1. The van der Waals surface area contributed by atoms with Gasteiger partial charge in [0.15, 0.2) is 0 Å². The molecule has 2 heterocycles. The number of hydrogen-bond donors (Lipinski definition) is 2. The van der Waals surface area contributed by atoms with Crippen molar-refractivity contribution < 1.29 is 9.53 Å². The summed E-state index contributed by atoms with van der Waals surface area (Å²) in [5.74, 6) is 0.488. The van der Waals surface area contributed by atoms with Gasteiger partial charge in [-0.05, 0) is 59.7 Å². The zero-order valence-corrected chi connectivity index (χ0v) is 14.7. The average Bonchev–Trinajstić information content (AvgIpc) is 2.43. The van der Waals surface area contributed by atoms with Gasteiger partial charge in [-0.15, -0.1) is 0 Å². The predicted molar refractivity (Wildman–Crippen MR) is 92.8 cm³/mol. The zero-order chi connectivity index (χ0) is 17.0. The van der Waals surface area contributed by atoms with Gasteiger partial charge in [-0.3, -0.25) is 5.32 Å². The Labute approximate surface area is 138 Å². The van der Waals surface area contributed by atoms with Crippen molar-refractivity contribution >= 4 is 17.6 Å². The highest BCUT2D eigenvalue weighted by atomic mass is 16.6. The topological polar surface area (TPSA) is 66.5 Å². The molecule has 0 bridgehead atoms. The number of carbonyl (C=O) groups excluding carboxylic acids is 1. The highest BCUT2D eigenvalue weighted by Gasteiger charge is 2.22. The van der Waals surface area contributed by atoms with Crippen molar-refractivity contribution in [2.24, 2.45) is 0 Å². The van der Waals surface area contributed by atoms with E-state index in [1.54, 1.807) is 12.3 Å². The van der Waals surface area contributed by atoms with Crippen molar-refractivity contribution in [3.05, 3.63) is 18.3 Å². The molecule has 2 rings (SSSR count). The summed E-state index contributed by atoms with van der Waals surface area (Å²) in [6, 6.07) is 4.77. The van der Waals surface area contributed by atoms with Crippen molar-refractivity contribution in [1.29, 1.82) is 0 Å². The Bertz CT molecular complexity index is 524. The monoisotopic (exact) mass is 320 g/mol. The molecule has 1 aromatic rings. The van der Waals surface area contributed by atoms with Crippen molar-refractivity contribution in [2.45, 2.75) is 58.2 Å². The first-order valence-corrected chi connectivity index (χ1v) is 8.16. The number of aromatic nitrogens is 1. The van der Waals surface area contributed by atoms with Crippen LogP contribution in [0.15, 0.2) is 18.3 Å². The molecule has 0 radical (unpaired) electrons. The molecule has 6 heteroatoms. The van der Waals surface area contributed by atoms with Gasteiger partial charge in [0.1, 0.15) is 11.4 Å². The van der Waals surface area contributed by atoms with E-state index in [1.807, 2.05) is 26.8 Å². The van der Waals surface area contributed by atoms with Crippen LogP contribution >= 0.6 is 0 Å².